The second-order valence-corrected chi connectivity index (χ2v) is 15.9. The molecule has 1 aromatic carbocycles. The fraction of sp³-hybridized carbons (Fsp3) is 0.622. The van der Waals surface area contributed by atoms with Crippen LogP contribution in [0.4, 0.5) is 4.39 Å². The van der Waals surface area contributed by atoms with Gasteiger partial charge in [-0.05, 0) is 83.8 Å². The topological polar surface area (TPSA) is 166 Å². The Bertz CT molecular complexity index is 1460. The fourth-order valence-electron chi connectivity index (χ4n) is 6.52. The van der Waals surface area contributed by atoms with E-state index in [1.165, 1.54) is 9.80 Å². The molecule has 1 saturated carbocycles. The van der Waals surface area contributed by atoms with Crippen LogP contribution >= 0.6 is 9.24 Å². The Balaban J connectivity index is 1.68. The number of likely N-dealkylation sites (tertiary alicyclic amines) is 1. The maximum absolute atomic E-state index is 14.7. The van der Waals surface area contributed by atoms with Crippen LogP contribution in [0.25, 0.3) is 0 Å². The standard InChI is InChI=1S/C37H56FN6O7P/c1-8-13-26(31(46)33(48)39-22-28(45)42-29(34(49)43(6)7)24-14-10-9-11-15-24)41-32(47)27-16-12-21-44(27)35(50)30(40-23(2)51-36(3,4)5)25-17-19-37(38,52)20-18-25/h9-11,14-15,25-27,29-30,40H,2,8,12-13,16-22,52H2,1,3-7H3,(H,39,48)(H,41,47)(H,42,45). The number of carbonyl (C=O) groups excluding carboxylic acids is 6. The third-order valence-corrected chi connectivity index (χ3v) is 9.73. The lowest BCUT2D eigenvalue weighted by Gasteiger charge is -2.38. The average Bonchev–Trinajstić information content (AvgIpc) is 3.57. The molecule has 0 radical (unpaired) electrons. The summed E-state index contributed by atoms with van der Waals surface area (Å²) in [5.74, 6) is -4.03. The lowest BCUT2D eigenvalue weighted by Crippen LogP contribution is -2.57. The van der Waals surface area contributed by atoms with Crippen LogP contribution in [0, 0.1) is 5.92 Å². The first-order valence-electron chi connectivity index (χ1n) is 17.9. The van der Waals surface area contributed by atoms with Crippen LogP contribution in [0.5, 0.6) is 0 Å². The number of alkyl halides is 1. The van der Waals surface area contributed by atoms with E-state index >= 15 is 0 Å². The zero-order valence-corrected chi connectivity index (χ0v) is 32.4. The van der Waals surface area contributed by atoms with Crippen LogP contribution in [0.2, 0.25) is 0 Å². The summed E-state index contributed by atoms with van der Waals surface area (Å²) < 4.78 is 20.5. The molecule has 3 rings (SSSR count). The van der Waals surface area contributed by atoms with Crippen LogP contribution < -0.4 is 21.3 Å². The average molecular weight is 747 g/mol. The highest BCUT2D eigenvalue weighted by Gasteiger charge is 2.43. The summed E-state index contributed by atoms with van der Waals surface area (Å²) in [5.41, 5.74) is -0.0332. The smallest absolute Gasteiger partial charge is 0.290 e. The van der Waals surface area contributed by atoms with E-state index in [1.54, 1.807) is 51.4 Å². The minimum absolute atomic E-state index is 0.147. The molecule has 0 aromatic heterocycles. The highest BCUT2D eigenvalue weighted by Crippen LogP contribution is 2.41. The van der Waals surface area contributed by atoms with E-state index in [2.05, 4.69) is 37.1 Å². The molecule has 13 nitrogen and oxygen atoms in total. The van der Waals surface area contributed by atoms with Gasteiger partial charge >= 0.3 is 0 Å². The number of hydrogen-bond donors (Lipinski definition) is 4. The van der Waals surface area contributed by atoms with E-state index in [0.717, 1.165) is 0 Å². The number of hydrogen-bond acceptors (Lipinski definition) is 8. The van der Waals surface area contributed by atoms with Crippen molar-refractivity contribution in [2.24, 2.45) is 5.92 Å². The van der Waals surface area contributed by atoms with E-state index in [-0.39, 0.29) is 42.9 Å². The SMILES string of the molecule is C=C(NC(C(=O)N1CCCC1C(=O)NC(CCC)C(=O)C(=O)NCC(=O)NC(C(=O)N(C)C)c1ccccc1)C1CCC(F)(P)CC1)OC(C)(C)C. The number of amides is 5. The summed E-state index contributed by atoms with van der Waals surface area (Å²) in [6, 6.07) is 4.71. The predicted octanol–water partition coefficient (Wildman–Crippen LogP) is 2.87. The predicted molar refractivity (Wildman–Crippen MR) is 198 cm³/mol. The van der Waals surface area contributed by atoms with Gasteiger partial charge < -0.3 is 35.8 Å². The first-order valence-corrected chi connectivity index (χ1v) is 18.5. The van der Waals surface area contributed by atoms with E-state index < -0.39 is 65.2 Å². The largest absolute Gasteiger partial charge is 0.474 e. The van der Waals surface area contributed by atoms with Crippen molar-refractivity contribution in [3.05, 3.63) is 48.4 Å². The van der Waals surface area contributed by atoms with Gasteiger partial charge in [-0.15, -0.1) is 0 Å². The second kappa shape index (κ2) is 18.6. The number of benzene rings is 1. The molecule has 5 unspecified atom stereocenters. The van der Waals surface area contributed by atoms with Gasteiger partial charge in [0.25, 0.3) is 5.91 Å². The van der Waals surface area contributed by atoms with Crippen LogP contribution in [0.3, 0.4) is 0 Å². The van der Waals surface area contributed by atoms with E-state index in [0.29, 0.717) is 44.2 Å². The van der Waals surface area contributed by atoms with Gasteiger partial charge in [-0.25, -0.2) is 4.39 Å². The van der Waals surface area contributed by atoms with Gasteiger partial charge in [-0.3, -0.25) is 28.8 Å². The summed E-state index contributed by atoms with van der Waals surface area (Å²) in [5, 5.41) is 9.33. The molecule has 0 spiro atoms. The maximum Gasteiger partial charge on any atom is 0.290 e. The first kappa shape index (κ1) is 42.4. The summed E-state index contributed by atoms with van der Waals surface area (Å²) in [6.45, 7) is 11.0. The zero-order valence-electron chi connectivity index (χ0n) is 31.3. The summed E-state index contributed by atoms with van der Waals surface area (Å²) in [4.78, 5) is 82.5. The Morgan fingerprint density at radius 1 is 1.04 bits per heavy atom. The van der Waals surface area contributed by atoms with Crippen molar-refractivity contribution >= 4 is 44.6 Å². The van der Waals surface area contributed by atoms with Gasteiger partial charge in [0, 0.05) is 20.6 Å². The van der Waals surface area contributed by atoms with Crippen molar-refractivity contribution in [1.29, 1.82) is 0 Å². The van der Waals surface area contributed by atoms with E-state index in [1.807, 2.05) is 20.8 Å². The van der Waals surface area contributed by atoms with E-state index in [4.69, 9.17) is 4.74 Å². The normalized spacial score (nSPS) is 21.9. The van der Waals surface area contributed by atoms with Gasteiger partial charge in [0.15, 0.2) is 5.88 Å². The van der Waals surface area contributed by atoms with Gasteiger partial charge in [-0.2, -0.15) is 0 Å². The molecule has 1 aliphatic heterocycles. The quantitative estimate of drug-likeness (QED) is 0.114. The molecule has 0 bridgehead atoms. The molecule has 1 aliphatic carbocycles. The number of rotatable bonds is 16. The highest BCUT2D eigenvalue weighted by molar-refractivity contribution is 7.18. The second-order valence-electron chi connectivity index (χ2n) is 14.9. The minimum Gasteiger partial charge on any atom is -0.474 e. The van der Waals surface area contributed by atoms with Gasteiger partial charge in [0.2, 0.25) is 29.4 Å². The Hall–Kier alpha value is -4.06. The van der Waals surface area contributed by atoms with Crippen LogP contribution in [-0.2, 0) is 33.5 Å². The maximum atomic E-state index is 14.7. The third-order valence-electron chi connectivity index (χ3n) is 9.15. The monoisotopic (exact) mass is 746 g/mol. The Kier molecular flexibility index (Phi) is 15.2. The number of nitrogens with zero attached hydrogens (tertiary/aromatic N) is 2. The molecular weight excluding hydrogens is 690 g/mol. The van der Waals surface area contributed by atoms with Crippen LogP contribution in [0.1, 0.15) is 90.7 Å². The number of ether oxygens (including phenoxy) is 1. The highest BCUT2D eigenvalue weighted by atomic mass is 31.0. The van der Waals surface area contributed by atoms with Crippen molar-refractivity contribution in [3.8, 4) is 0 Å². The Labute approximate surface area is 308 Å². The van der Waals surface area contributed by atoms with Crippen molar-refractivity contribution in [2.75, 3.05) is 27.2 Å². The van der Waals surface area contributed by atoms with Crippen LogP contribution in [0.15, 0.2) is 42.8 Å². The summed E-state index contributed by atoms with van der Waals surface area (Å²) in [6.07, 6.45) is 2.90. The molecule has 1 heterocycles. The van der Waals surface area contributed by atoms with Gasteiger partial charge in [0.1, 0.15) is 29.1 Å². The molecule has 5 amide bonds. The van der Waals surface area contributed by atoms with Crippen molar-refractivity contribution in [1.82, 2.24) is 31.1 Å². The van der Waals surface area contributed by atoms with Crippen molar-refractivity contribution < 1.29 is 37.9 Å². The Morgan fingerprint density at radius 3 is 2.25 bits per heavy atom. The zero-order chi connectivity index (χ0) is 38.8. The fourth-order valence-corrected chi connectivity index (χ4v) is 6.86. The number of halogens is 1. The first-order chi connectivity index (χ1) is 24.3. The number of Topliss-reactive ketones (excluding diaryl/α,β-unsaturated/α-hetero) is 1. The molecule has 288 valence electrons. The van der Waals surface area contributed by atoms with Crippen LogP contribution in [-0.4, -0.2) is 101 Å². The number of likely N-dealkylation sites (N-methyl/N-ethyl adjacent to an activating group) is 1. The lowest BCUT2D eigenvalue weighted by molar-refractivity contribution is -0.144. The van der Waals surface area contributed by atoms with Crippen molar-refractivity contribution in [3.63, 3.8) is 0 Å². The molecule has 1 aromatic rings. The third kappa shape index (κ3) is 12.3. The minimum atomic E-state index is -1.40. The molecule has 1 saturated heterocycles. The van der Waals surface area contributed by atoms with Crippen molar-refractivity contribution in [2.45, 2.75) is 114 Å². The Morgan fingerprint density at radius 2 is 1.67 bits per heavy atom. The number of nitrogens with one attached hydrogen (secondary N) is 4. The molecule has 4 N–H and O–H groups in total. The van der Waals surface area contributed by atoms with E-state index in [9.17, 15) is 33.2 Å². The lowest BCUT2D eigenvalue weighted by atomic mass is 9.82. The summed E-state index contributed by atoms with van der Waals surface area (Å²) in [7, 11) is 5.37. The molecule has 2 aliphatic rings. The van der Waals surface area contributed by atoms with Gasteiger partial charge in [-0.1, -0.05) is 52.9 Å². The molecule has 15 heteroatoms. The molecule has 2 fully saturated rings. The number of ketones is 1. The summed E-state index contributed by atoms with van der Waals surface area (Å²) >= 11 is 0. The molecule has 52 heavy (non-hydrogen) atoms. The van der Waals surface area contributed by atoms with Gasteiger partial charge in [0.05, 0.1) is 12.6 Å². The number of carbonyl (C=O) groups is 6. The molecule has 5 atom stereocenters. The molecular formula is C37H56FN6O7P.